The summed E-state index contributed by atoms with van der Waals surface area (Å²) in [6.07, 6.45) is 7.91. The van der Waals surface area contributed by atoms with E-state index in [1.54, 1.807) is 0 Å². The fourth-order valence-electron chi connectivity index (χ4n) is 5.62. The molecule has 1 saturated heterocycles. The molecule has 0 saturated carbocycles. The van der Waals surface area contributed by atoms with Gasteiger partial charge in [-0.2, -0.15) is 0 Å². The molecule has 0 aliphatic carbocycles. The minimum Gasteiger partial charge on any atom is -0.489 e. The minimum atomic E-state index is 0.0181. The van der Waals surface area contributed by atoms with E-state index in [0.717, 1.165) is 61.3 Å². The first-order chi connectivity index (χ1) is 20.2. The summed E-state index contributed by atoms with van der Waals surface area (Å²) >= 11 is 0. The monoisotopic (exact) mass is 546 g/mol. The van der Waals surface area contributed by atoms with Crippen molar-refractivity contribution in [1.29, 1.82) is 0 Å². The Bertz CT molecular complexity index is 1330. The molecule has 1 heterocycles. The van der Waals surface area contributed by atoms with Crippen LogP contribution in [0.1, 0.15) is 66.1 Å². The van der Waals surface area contributed by atoms with Crippen LogP contribution in [0.3, 0.4) is 0 Å². The number of carbonyl (C=O) groups is 1. The number of aryl methyl sites for hydroxylation is 1. The Hall–Kier alpha value is -3.89. The smallest absolute Gasteiger partial charge is 0.272 e. The molecule has 5 rings (SSSR count). The number of piperidine rings is 1. The zero-order valence-electron chi connectivity index (χ0n) is 24.3. The van der Waals surface area contributed by atoms with E-state index in [-0.39, 0.29) is 5.91 Å². The van der Waals surface area contributed by atoms with E-state index in [0.29, 0.717) is 12.5 Å². The zero-order chi connectivity index (χ0) is 28.3. The Morgan fingerprint density at radius 1 is 0.756 bits per heavy atom. The maximum Gasteiger partial charge on any atom is 0.272 e. The average molecular weight is 547 g/mol. The van der Waals surface area contributed by atoms with Crippen LogP contribution >= 0.6 is 0 Å². The lowest BCUT2D eigenvalue weighted by Crippen LogP contribution is -2.50. The van der Waals surface area contributed by atoms with Crippen LogP contribution in [0.5, 0.6) is 5.75 Å². The lowest BCUT2D eigenvalue weighted by molar-refractivity contribution is 0.0845. The molecule has 0 radical (unpaired) electrons. The standard InChI is InChI=1S/C37H42N2O2/c1-2-3-6-11-30-16-18-34(19-17-30)37(40)39(38-26-24-32(25-27-38)28-31-12-7-4-8-13-31)35-20-22-36(23-21-35)41-29-33-14-9-5-10-15-33/h4-5,7-10,12-23,32H,2-3,6,11,24-29H2,1H3. The SMILES string of the molecule is CCCCCc1ccc(C(=O)N(c2ccc(OCc3ccccc3)cc2)N2CCC(Cc3ccccc3)CC2)cc1. The van der Waals surface area contributed by atoms with Crippen molar-refractivity contribution >= 4 is 11.6 Å². The van der Waals surface area contributed by atoms with Gasteiger partial charge in [0.25, 0.3) is 5.91 Å². The Kier molecular flexibility index (Phi) is 10.2. The van der Waals surface area contributed by atoms with Gasteiger partial charge in [0.15, 0.2) is 0 Å². The molecular formula is C37H42N2O2. The number of anilines is 1. The van der Waals surface area contributed by atoms with Gasteiger partial charge in [0.05, 0.1) is 5.69 Å². The lowest BCUT2D eigenvalue weighted by atomic mass is 9.90. The van der Waals surface area contributed by atoms with Gasteiger partial charge in [-0.3, -0.25) is 4.79 Å². The molecule has 4 aromatic rings. The molecule has 0 spiro atoms. The third-order valence-corrected chi connectivity index (χ3v) is 8.03. The Labute approximate surface area is 245 Å². The van der Waals surface area contributed by atoms with Crippen molar-refractivity contribution in [1.82, 2.24) is 5.01 Å². The number of hydrogen-bond donors (Lipinski definition) is 0. The van der Waals surface area contributed by atoms with E-state index >= 15 is 0 Å². The van der Waals surface area contributed by atoms with E-state index in [2.05, 4.69) is 66.5 Å². The van der Waals surface area contributed by atoms with Crippen molar-refractivity contribution in [3.05, 3.63) is 131 Å². The van der Waals surface area contributed by atoms with E-state index in [1.165, 1.54) is 30.4 Å². The predicted molar refractivity (Wildman–Crippen MR) is 168 cm³/mol. The number of hydrazine groups is 1. The summed E-state index contributed by atoms with van der Waals surface area (Å²) in [6, 6.07) is 37.1. The van der Waals surface area contributed by atoms with Gasteiger partial charge in [0.1, 0.15) is 12.4 Å². The molecule has 4 aromatic carbocycles. The van der Waals surface area contributed by atoms with Crippen molar-refractivity contribution in [2.24, 2.45) is 5.92 Å². The summed E-state index contributed by atoms with van der Waals surface area (Å²) in [6.45, 7) is 4.44. The first-order valence-electron chi connectivity index (χ1n) is 15.2. The highest BCUT2D eigenvalue weighted by Gasteiger charge is 2.29. The van der Waals surface area contributed by atoms with Crippen LogP contribution < -0.4 is 9.75 Å². The Morgan fingerprint density at radius 2 is 1.39 bits per heavy atom. The molecule has 4 heteroatoms. The van der Waals surface area contributed by atoms with Crippen molar-refractivity contribution in [2.45, 2.75) is 58.5 Å². The number of hydrogen-bond acceptors (Lipinski definition) is 3. The molecule has 4 nitrogen and oxygen atoms in total. The van der Waals surface area contributed by atoms with Crippen LogP contribution in [0, 0.1) is 5.92 Å². The van der Waals surface area contributed by atoms with Crippen LogP contribution in [0.25, 0.3) is 0 Å². The lowest BCUT2D eigenvalue weighted by Gasteiger charge is -2.40. The van der Waals surface area contributed by atoms with Gasteiger partial charge in [-0.25, -0.2) is 10.0 Å². The van der Waals surface area contributed by atoms with E-state index < -0.39 is 0 Å². The van der Waals surface area contributed by atoms with Gasteiger partial charge in [-0.15, -0.1) is 0 Å². The fraction of sp³-hybridized carbons (Fsp3) is 0.324. The molecule has 1 aliphatic rings. The molecule has 0 unspecified atom stereocenters. The quantitative estimate of drug-likeness (QED) is 0.167. The highest BCUT2D eigenvalue weighted by atomic mass is 16.5. The van der Waals surface area contributed by atoms with Gasteiger partial charge in [0.2, 0.25) is 0 Å². The fourth-order valence-corrected chi connectivity index (χ4v) is 5.62. The molecule has 0 bridgehead atoms. The second-order valence-electron chi connectivity index (χ2n) is 11.1. The summed E-state index contributed by atoms with van der Waals surface area (Å²) < 4.78 is 6.02. The van der Waals surface area contributed by atoms with Crippen LogP contribution in [-0.2, 0) is 19.4 Å². The highest BCUT2D eigenvalue weighted by molar-refractivity contribution is 6.05. The zero-order valence-corrected chi connectivity index (χ0v) is 24.3. The van der Waals surface area contributed by atoms with Crippen molar-refractivity contribution in [3.63, 3.8) is 0 Å². The van der Waals surface area contributed by atoms with Crippen LogP contribution in [-0.4, -0.2) is 24.0 Å². The maximum atomic E-state index is 14.0. The summed E-state index contributed by atoms with van der Waals surface area (Å²) in [5.74, 6) is 1.44. The van der Waals surface area contributed by atoms with E-state index in [1.807, 2.05) is 59.6 Å². The topological polar surface area (TPSA) is 32.8 Å². The average Bonchev–Trinajstić information content (AvgIpc) is 3.03. The highest BCUT2D eigenvalue weighted by Crippen LogP contribution is 2.29. The maximum absolute atomic E-state index is 14.0. The normalized spacial score (nSPS) is 14.1. The molecule has 1 amide bonds. The number of rotatable bonds is 12. The van der Waals surface area contributed by atoms with Gasteiger partial charge in [-0.1, -0.05) is 92.6 Å². The molecule has 0 aromatic heterocycles. The largest absolute Gasteiger partial charge is 0.489 e. The number of amides is 1. The number of unbranched alkanes of at least 4 members (excludes halogenated alkanes) is 2. The van der Waals surface area contributed by atoms with Crippen LogP contribution in [0.4, 0.5) is 5.69 Å². The third kappa shape index (κ3) is 8.08. The third-order valence-electron chi connectivity index (χ3n) is 8.03. The summed E-state index contributed by atoms with van der Waals surface area (Å²) in [4.78, 5) is 14.0. The Morgan fingerprint density at radius 3 is 2.02 bits per heavy atom. The van der Waals surface area contributed by atoms with E-state index in [9.17, 15) is 4.79 Å². The van der Waals surface area contributed by atoms with Gasteiger partial charge in [-0.05, 0) is 91.1 Å². The molecule has 1 fully saturated rings. The number of benzene rings is 4. The van der Waals surface area contributed by atoms with Crippen molar-refractivity contribution in [2.75, 3.05) is 18.1 Å². The first-order valence-corrected chi connectivity index (χ1v) is 15.2. The Balaban J connectivity index is 1.30. The molecule has 0 atom stereocenters. The predicted octanol–water partition coefficient (Wildman–Crippen LogP) is 8.51. The molecule has 212 valence electrons. The van der Waals surface area contributed by atoms with Gasteiger partial charge < -0.3 is 4.74 Å². The summed E-state index contributed by atoms with van der Waals surface area (Å²) in [7, 11) is 0. The number of nitrogens with zero attached hydrogens (tertiary/aromatic N) is 2. The second kappa shape index (κ2) is 14.7. The van der Waals surface area contributed by atoms with Crippen molar-refractivity contribution in [3.8, 4) is 5.75 Å². The molecular weight excluding hydrogens is 504 g/mol. The summed E-state index contributed by atoms with van der Waals surface area (Å²) in [5.41, 5.74) is 5.41. The van der Waals surface area contributed by atoms with Crippen LogP contribution in [0.15, 0.2) is 109 Å². The number of ether oxygens (including phenoxy) is 1. The first kappa shape index (κ1) is 28.6. The second-order valence-corrected chi connectivity index (χ2v) is 11.1. The van der Waals surface area contributed by atoms with E-state index in [4.69, 9.17) is 4.74 Å². The van der Waals surface area contributed by atoms with Crippen LogP contribution in [0.2, 0.25) is 0 Å². The van der Waals surface area contributed by atoms with Gasteiger partial charge >= 0.3 is 0 Å². The number of carbonyl (C=O) groups excluding carboxylic acids is 1. The molecule has 0 N–H and O–H groups in total. The van der Waals surface area contributed by atoms with Gasteiger partial charge in [0, 0.05) is 18.7 Å². The molecule has 1 aliphatic heterocycles. The minimum absolute atomic E-state index is 0.0181. The molecule has 41 heavy (non-hydrogen) atoms. The summed E-state index contributed by atoms with van der Waals surface area (Å²) in [5, 5.41) is 4.13. The van der Waals surface area contributed by atoms with Crippen molar-refractivity contribution < 1.29 is 9.53 Å².